The van der Waals surface area contributed by atoms with Crippen molar-refractivity contribution in [3.8, 4) is 5.75 Å². The van der Waals surface area contributed by atoms with Crippen LogP contribution in [0.4, 0.5) is 0 Å². The number of hydrogen-bond acceptors (Lipinski definition) is 4. The summed E-state index contributed by atoms with van der Waals surface area (Å²) in [4.78, 5) is 14.3. The van der Waals surface area contributed by atoms with Crippen molar-refractivity contribution in [2.75, 3.05) is 19.9 Å². The molecule has 6 nitrogen and oxygen atoms in total. The van der Waals surface area contributed by atoms with E-state index in [2.05, 4.69) is 4.72 Å². The normalized spacial score (nSPS) is 22.9. The fourth-order valence-corrected chi connectivity index (χ4v) is 3.82. The van der Waals surface area contributed by atoms with Crippen LogP contribution in [0.25, 0.3) is 0 Å². The van der Waals surface area contributed by atoms with Crippen LogP contribution in [0.15, 0.2) is 24.3 Å². The largest absolute Gasteiger partial charge is 0.497 e. The minimum absolute atomic E-state index is 0.0819. The monoisotopic (exact) mass is 340 g/mol. The van der Waals surface area contributed by atoms with Gasteiger partial charge in [-0.05, 0) is 38.0 Å². The summed E-state index contributed by atoms with van der Waals surface area (Å²) in [6.07, 6.45) is 1.92. The van der Waals surface area contributed by atoms with Gasteiger partial charge in [-0.3, -0.25) is 4.79 Å². The van der Waals surface area contributed by atoms with E-state index in [9.17, 15) is 13.2 Å². The van der Waals surface area contributed by atoms with E-state index in [-0.39, 0.29) is 17.9 Å². The number of methoxy groups -OCH3 is 1. The molecule has 0 spiro atoms. The van der Waals surface area contributed by atoms with E-state index < -0.39 is 16.1 Å². The van der Waals surface area contributed by atoms with Crippen molar-refractivity contribution in [1.29, 1.82) is 0 Å². The quantitative estimate of drug-likeness (QED) is 0.877. The lowest BCUT2D eigenvalue weighted by Crippen LogP contribution is -2.47. The van der Waals surface area contributed by atoms with Crippen LogP contribution in [0.1, 0.15) is 31.7 Å². The first-order chi connectivity index (χ1) is 10.7. The van der Waals surface area contributed by atoms with Gasteiger partial charge in [0.2, 0.25) is 15.9 Å². The maximum absolute atomic E-state index is 12.5. The van der Waals surface area contributed by atoms with Gasteiger partial charge in [0.1, 0.15) is 5.75 Å². The second kappa shape index (κ2) is 6.88. The van der Waals surface area contributed by atoms with E-state index >= 15 is 0 Å². The summed E-state index contributed by atoms with van der Waals surface area (Å²) in [5.74, 6) is 0.878. The zero-order valence-electron chi connectivity index (χ0n) is 13.9. The number of nitrogens with one attached hydrogen (secondary N) is 1. The Morgan fingerprint density at radius 3 is 2.48 bits per heavy atom. The molecule has 128 valence electrons. The molecule has 3 atom stereocenters. The van der Waals surface area contributed by atoms with Crippen LogP contribution < -0.4 is 9.46 Å². The number of amides is 1. The second-order valence-electron chi connectivity index (χ2n) is 6.16. The molecule has 0 radical (unpaired) electrons. The number of rotatable bonds is 5. The van der Waals surface area contributed by atoms with E-state index in [1.54, 1.807) is 18.9 Å². The summed E-state index contributed by atoms with van der Waals surface area (Å²) in [7, 11) is -1.77. The number of hydrogen-bond donors (Lipinski definition) is 1. The molecule has 1 amide bonds. The van der Waals surface area contributed by atoms with Gasteiger partial charge in [-0.15, -0.1) is 0 Å². The Morgan fingerprint density at radius 1 is 1.35 bits per heavy atom. The maximum atomic E-state index is 12.5. The van der Waals surface area contributed by atoms with Crippen molar-refractivity contribution in [2.24, 2.45) is 0 Å². The number of benzene rings is 1. The summed E-state index contributed by atoms with van der Waals surface area (Å²) in [5, 5.41) is 0. The first kappa shape index (κ1) is 17.7. The summed E-state index contributed by atoms with van der Waals surface area (Å²) in [6, 6.07) is 7.20. The molecule has 1 heterocycles. The summed E-state index contributed by atoms with van der Waals surface area (Å²) in [5.41, 5.74) is 1.16. The highest BCUT2D eigenvalue weighted by molar-refractivity contribution is 7.88. The molecule has 0 aromatic heterocycles. The Morgan fingerprint density at radius 2 is 1.96 bits per heavy atom. The van der Waals surface area contributed by atoms with Gasteiger partial charge in [-0.1, -0.05) is 12.1 Å². The van der Waals surface area contributed by atoms with Gasteiger partial charge in [-0.2, -0.15) is 0 Å². The van der Waals surface area contributed by atoms with Gasteiger partial charge in [0.05, 0.1) is 19.4 Å². The molecular weight excluding hydrogens is 316 g/mol. The van der Waals surface area contributed by atoms with Gasteiger partial charge < -0.3 is 9.64 Å². The van der Waals surface area contributed by atoms with Crippen LogP contribution in [-0.2, 0) is 14.8 Å². The van der Waals surface area contributed by atoms with E-state index in [1.165, 1.54) is 0 Å². The fraction of sp³-hybridized carbons (Fsp3) is 0.562. The van der Waals surface area contributed by atoms with Crippen LogP contribution in [-0.4, -0.2) is 51.2 Å². The molecule has 0 aliphatic carbocycles. The molecule has 1 N–H and O–H groups in total. The molecule has 1 aliphatic heterocycles. The highest BCUT2D eigenvalue weighted by atomic mass is 32.2. The number of carbonyl (C=O) groups excluding carboxylic acids is 1. The molecule has 1 aromatic carbocycles. The number of likely N-dealkylation sites (tertiary alicyclic amines) is 1. The number of nitrogens with zero attached hydrogens (tertiary/aromatic N) is 1. The van der Waals surface area contributed by atoms with Crippen molar-refractivity contribution in [1.82, 2.24) is 9.62 Å². The maximum Gasteiger partial charge on any atom is 0.240 e. The summed E-state index contributed by atoms with van der Waals surface area (Å²) in [6.45, 7) is 4.17. The highest BCUT2D eigenvalue weighted by Gasteiger charge is 2.35. The Hall–Kier alpha value is -1.60. The molecule has 0 bridgehead atoms. The third-order valence-corrected chi connectivity index (χ3v) is 4.99. The predicted octanol–water partition coefficient (Wildman–Crippen LogP) is 1.34. The van der Waals surface area contributed by atoms with Gasteiger partial charge >= 0.3 is 0 Å². The first-order valence-electron chi connectivity index (χ1n) is 7.63. The van der Waals surface area contributed by atoms with Gasteiger partial charge in [0.25, 0.3) is 0 Å². The highest BCUT2D eigenvalue weighted by Crippen LogP contribution is 2.32. The van der Waals surface area contributed by atoms with Crippen molar-refractivity contribution in [3.63, 3.8) is 0 Å². The Bertz CT molecular complexity index is 657. The van der Waals surface area contributed by atoms with Crippen LogP contribution in [0.3, 0.4) is 0 Å². The first-order valence-corrected chi connectivity index (χ1v) is 9.52. The molecule has 1 fully saturated rings. The van der Waals surface area contributed by atoms with E-state index in [0.29, 0.717) is 6.54 Å². The third kappa shape index (κ3) is 4.45. The zero-order chi connectivity index (χ0) is 17.2. The lowest BCUT2D eigenvalue weighted by molar-refractivity contribution is -0.133. The SMILES string of the molecule is COc1ccc([C@@H]2C[C@H](C)N(C(=O)[C@H](C)NS(C)(=O)=O)C2)cc1. The number of carbonyl (C=O) groups is 1. The molecular formula is C16H24N2O4S. The minimum Gasteiger partial charge on any atom is -0.497 e. The second-order valence-corrected chi connectivity index (χ2v) is 7.94. The smallest absolute Gasteiger partial charge is 0.240 e. The van der Waals surface area contributed by atoms with Crippen LogP contribution in [0.5, 0.6) is 5.75 Å². The topological polar surface area (TPSA) is 75.7 Å². The lowest BCUT2D eigenvalue weighted by atomic mass is 9.97. The van der Waals surface area contributed by atoms with Crippen molar-refractivity contribution in [2.45, 2.75) is 38.3 Å². The molecule has 1 saturated heterocycles. The molecule has 0 unspecified atom stereocenters. The number of ether oxygens (including phenoxy) is 1. The Labute approximate surface area is 137 Å². The molecule has 2 rings (SSSR count). The Balaban J connectivity index is 2.06. The summed E-state index contributed by atoms with van der Waals surface area (Å²) >= 11 is 0. The zero-order valence-corrected chi connectivity index (χ0v) is 14.8. The molecule has 0 saturated carbocycles. The predicted molar refractivity (Wildman–Crippen MR) is 89.0 cm³/mol. The average molecular weight is 340 g/mol. The van der Waals surface area contributed by atoms with E-state index in [1.807, 2.05) is 31.2 Å². The van der Waals surface area contributed by atoms with Crippen LogP contribution in [0, 0.1) is 0 Å². The minimum atomic E-state index is -3.40. The van der Waals surface area contributed by atoms with Crippen LogP contribution >= 0.6 is 0 Å². The average Bonchev–Trinajstić information content (AvgIpc) is 2.86. The van der Waals surface area contributed by atoms with Crippen molar-refractivity contribution < 1.29 is 17.9 Å². The van der Waals surface area contributed by atoms with Crippen molar-refractivity contribution >= 4 is 15.9 Å². The molecule has 1 aromatic rings. The lowest BCUT2D eigenvalue weighted by Gasteiger charge is -2.25. The van der Waals surface area contributed by atoms with Gasteiger partial charge in [-0.25, -0.2) is 13.1 Å². The third-order valence-electron chi connectivity index (χ3n) is 4.21. The molecule has 23 heavy (non-hydrogen) atoms. The van der Waals surface area contributed by atoms with E-state index in [4.69, 9.17) is 4.74 Å². The summed E-state index contributed by atoms with van der Waals surface area (Å²) < 4.78 is 30.1. The fourth-order valence-electron chi connectivity index (χ4n) is 3.08. The molecule has 1 aliphatic rings. The van der Waals surface area contributed by atoms with Crippen molar-refractivity contribution in [3.05, 3.63) is 29.8 Å². The molecule has 7 heteroatoms. The standard InChI is InChI=1S/C16H24N2O4S/c1-11-9-14(13-5-7-15(22-3)8-6-13)10-18(11)16(19)12(2)17-23(4,20)21/h5-8,11-12,14,17H,9-10H2,1-4H3/t11-,12-,14+/m0/s1. The van der Waals surface area contributed by atoms with Crippen LogP contribution in [0.2, 0.25) is 0 Å². The Kier molecular flexibility index (Phi) is 5.31. The van der Waals surface area contributed by atoms with Gasteiger partial charge in [0, 0.05) is 18.5 Å². The van der Waals surface area contributed by atoms with Gasteiger partial charge in [0.15, 0.2) is 0 Å². The van der Waals surface area contributed by atoms with E-state index in [0.717, 1.165) is 24.0 Å². The number of sulfonamides is 1.